The quantitative estimate of drug-likeness (QED) is 0.311. The van der Waals surface area contributed by atoms with Gasteiger partial charge in [0, 0.05) is 22.3 Å². The summed E-state index contributed by atoms with van der Waals surface area (Å²) < 4.78 is 15.7. The second-order valence-corrected chi connectivity index (χ2v) is 6.79. The Hall–Kier alpha value is -3.77. The highest BCUT2D eigenvalue weighted by Gasteiger charge is 2.08. The van der Waals surface area contributed by atoms with Gasteiger partial charge in [0.25, 0.3) is 5.91 Å². The average molecular weight is 438 g/mol. The van der Waals surface area contributed by atoms with Gasteiger partial charge in [-0.15, -0.1) is 0 Å². The molecule has 0 aromatic heterocycles. The Morgan fingerprint density at radius 1 is 0.871 bits per heavy atom. The lowest BCUT2D eigenvalue weighted by molar-refractivity contribution is -0.128. The van der Waals surface area contributed by atoms with Gasteiger partial charge in [-0.25, -0.2) is 4.79 Å². The van der Waals surface area contributed by atoms with Crippen LogP contribution >= 0.6 is 11.6 Å². The molecule has 3 rings (SSSR count). The molecular formula is C24H20ClNO5. The molecule has 0 aliphatic rings. The van der Waals surface area contributed by atoms with Crippen molar-refractivity contribution in [2.75, 3.05) is 19.5 Å². The number of halogens is 1. The van der Waals surface area contributed by atoms with E-state index < -0.39 is 5.97 Å². The van der Waals surface area contributed by atoms with Gasteiger partial charge >= 0.3 is 5.97 Å². The van der Waals surface area contributed by atoms with E-state index in [1.807, 2.05) is 0 Å². The van der Waals surface area contributed by atoms with E-state index in [1.165, 1.54) is 6.08 Å². The number of methoxy groups -OCH3 is 2. The van der Waals surface area contributed by atoms with Gasteiger partial charge in [0.2, 0.25) is 0 Å². The maximum absolute atomic E-state index is 12.3. The van der Waals surface area contributed by atoms with Crippen LogP contribution in [0.15, 0.2) is 72.8 Å². The van der Waals surface area contributed by atoms with Crippen LogP contribution in [0, 0.1) is 0 Å². The SMILES string of the molecule is COc1ccc(/C=C/C(=O)Oc2ccc(C(=O)Nc3ccc(Cl)cc3)cc2)cc1OC. The molecule has 1 amide bonds. The first-order valence-corrected chi connectivity index (χ1v) is 9.65. The Bertz CT molecular complexity index is 1090. The summed E-state index contributed by atoms with van der Waals surface area (Å²) >= 11 is 5.84. The van der Waals surface area contributed by atoms with Gasteiger partial charge < -0.3 is 19.5 Å². The Balaban J connectivity index is 1.59. The minimum absolute atomic E-state index is 0.284. The predicted octanol–water partition coefficient (Wildman–Crippen LogP) is 5.23. The normalized spacial score (nSPS) is 10.5. The third kappa shape index (κ3) is 6.10. The van der Waals surface area contributed by atoms with E-state index in [9.17, 15) is 9.59 Å². The van der Waals surface area contributed by atoms with Crippen molar-refractivity contribution >= 4 is 35.2 Å². The van der Waals surface area contributed by atoms with E-state index in [1.54, 1.807) is 87.0 Å². The maximum Gasteiger partial charge on any atom is 0.336 e. The van der Waals surface area contributed by atoms with Gasteiger partial charge in [-0.3, -0.25) is 4.79 Å². The topological polar surface area (TPSA) is 73.9 Å². The number of benzene rings is 3. The zero-order chi connectivity index (χ0) is 22.2. The number of carbonyl (C=O) groups excluding carboxylic acids is 2. The third-order valence-corrected chi connectivity index (χ3v) is 4.51. The van der Waals surface area contributed by atoms with E-state index in [2.05, 4.69) is 5.32 Å². The molecular weight excluding hydrogens is 418 g/mol. The largest absolute Gasteiger partial charge is 0.493 e. The molecule has 31 heavy (non-hydrogen) atoms. The zero-order valence-corrected chi connectivity index (χ0v) is 17.7. The Morgan fingerprint density at radius 3 is 2.19 bits per heavy atom. The van der Waals surface area contributed by atoms with Gasteiger partial charge in [-0.1, -0.05) is 17.7 Å². The first kappa shape index (κ1) is 21.9. The van der Waals surface area contributed by atoms with Gasteiger partial charge in [-0.05, 0) is 72.3 Å². The molecule has 0 saturated heterocycles. The molecule has 0 fully saturated rings. The maximum atomic E-state index is 12.3. The van der Waals surface area contributed by atoms with Gasteiger partial charge in [-0.2, -0.15) is 0 Å². The highest BCUT2D eigenvalue weighted by Crippen LogP contribution is 2.28. The number of hydrogen-bond donors (Lipinski definition) is 1. The molecule has 1 N–H and O–H groups in total. The summed E-state index contributed by atoms with van der Waals surface area (Å²) in [5, 5.41) is 3.35. The minimum Gasteiger partial charge on any atom is -0.493 e. The Morgan fingerprint density at radius 2 is 1.55 bits per heavy atom. The summed E-state index contributed by atoms with van der Waals surface area (Å²) in [7, 11) is 3.09. The van der Waals surface area contributed by atoms with Crippen LogP contribution in [0.1, 0.15) is 15.9 Å². The average Bonchev–Trinajstić information content (AvgIpc) is 2.79. The summed E-state index contributed by atoms with van der Waals surface area (Å²) in [6.45, 7) is 0. The molecule has 0 saturated carbocycles. The molecule has 0 bridgehead atoms. The highest BCUT2D eigenvalue weighted by molar-refractivity contribution is 6.30. The van der Waals surface area contributed by atoms with Crippen molar-refractivity contribution in [3.05, 3.63) is 89.0 Å². The van der Waals surface area contributed by atoms with Gasteiger partial charge in [0.05, 0.1) is 14.2 Å². The predicted molar refractivity (Wildman–Crippen MR) is 120 cm³/mol. The number of amides is 1. The van der Waals surface area contributed by atoms with Crippen LogP contribution in [0.4, 0.5) is 5.69 Å². The minimum atomic E-state index is -0.548. The van der Waals surface area contributed by atoms with E-state index in [0.29, 0.717) is 33.5 Å². The number of ether oxygens (including phenoxy) is 3. The van der Waals surface area contributed by atoms with Crippen LogP contribution in [-0.4, -0.2) is 26.1 Å². The van der Waals surface area contributed by atoms with Crippen LogP contribution in [0.5, 0.6) is 17.2 Å². The van der Waals surface area contributed by atoms with Crippen LogP contribution in [0.2, 0.25) is 5.02 Å². The van der Waals surface area contributed by atoms with Crippen molar-refractivity contribution in [1.82, 2.24) is 0 Å². The zero-order valence-electron chi connectivity index (χ0n) is 16.9. The van der Waals surface area contributed by atoms with E-state index in [0.717, 1.165) is 5.56 Å². The van der Waals surface area contributed by atoms with Crippen molar-refractivity contribution in [3.8, 4) is 17.2 Å². The Labute approximate surface area is 185 Å². The van der Waals surface area contributed by atoms with Gasteiger partial charge in [0.1, 0.15) is 5.75 Å². The Kier molecular flexibility index (Phi) is 7.30. The first-order chi connectivity index (χ1) is 15.0. The van der Waals surface area contributed by atoms with Crippen LogP contribution in [-0.2, 0) is 4.79 Å². The molecule has 3 aromatic carbocycles. The van der Waals surface area contributed by atoms with Gasteiger partial charge in [0.15, 0.2) is 11.5 Å². The lowest BCUT2D eigenvalue weighted by Crippen LogP contribution is -2.11. The van der Waals surface area contributed by atoms with Crippen molar-refractivity contribution in [2.45, 2.75) is 0 Å². The number of anilines is 1. The number of rotatable bonds is 7. The van der Waals surface area contributed by atoms with Crippen molar-refractivity contribution in [1.29, 1.82) is 0 Å². The molecule has 0 aliphatic heterocycles. The fourth-order valence-electron chi connectivity index (χ4n) is 2.68. The number of esters is 1. The van der Waals surface area contributed by atoms with Crippen molar-refractivity contribution < 1.29 is 23.8 Å². The van der Waals surface area contributed by atoms with Crippen molar-refractivity contribution in [2.24, 2.45) is 0 Å². The number of carbonyl (C=O) groups is 2. The molecule has 0 radical (unpaired) electrons. The molecule has 0 heterocycles. The first-order valence-electron chi connectivity index (χ1n) is 9.27. The molecule has 0 unspecified atom stereocenters. The van der Waals surface area contributed by atoms with E-state index in [4.69, 9.17) is 25.8 Å². The molecule has 3 aromatic rings. The van der Waals surface area contributed by atoms with Crippen LogP contribution < -0.4 is 19.5 Å². The lowest BCUT2D eigenvalue weighted by atomic mass is 10.2. The summed E-state index contributed by atoms with van der Waals surface area (Å²) in [5.41, 5.74) is 1.81. The molecule has 158 valence electrons. The molecule has 6 nitrogen and oxygen atoms in total. The summed E-state index contributed by atoms with van der Waals surface area (Å²) in [4.78, 5) is 24.4. The molecule has 0 spiro atoms. The second kappa shape index (κ2) is 10.3. The highest BCUT2D eigenvalue weighted by atomic mass is 35.5. The molecule has 0 aliphatic carbocycles. The smallest absolute Gasteiger partial charge is 0.336 e. The van der Waals surface area contributed by atoms with Crippen LogP contribution in [0.25, 0.3) is 6.08 Å². The van der Waals surface area contributed by atoms with E-state index >= 15 is 0 Å². The summed E-state index contributed by atoms with van der Waals surface area (Å²) in [6.07, 6.45) is 2.92. The van der Waals surface area contributed by atoms with Crippen molar-refractivity contribution in [3.63, 3.8) is 0 Å². The number of nitrogens with one attached hydrogen (secondary N) is 1. The summed E-state index contributed by atoms with van der Waals surface area (Å²) in [5.74, 6) is 0.652. The third-order valence-electron chi connectivity index (χ3n) is 4.26. The van der Waals surface area contributed by atoms with Crippen LogP contribution in [0.3, 0.4) is 0 Å². The molecule has 7 heteroatoms. The summed E-state index contributed by atoms with van der Waals surface area (Å²) in [6, 6.07) is 18.3. The van der Waals surface area contributed by atoms with E-state index in [-0.39, 0.29) is 5.91 Å². The fraction of sp³-hybridized carbons (Fsp3) is 0.0833. The lowest BCUT2D eigenvalue weighted by Gasteiger charge is -2.07. The standard InChI is InChI=1S/C24H20ClNO5/c1-29-21-13-3-16(15-22(21)30-2)4-14-23(27)31-20-11-5-17(6-12-20)24(28)26-19-9-7-18(25)8-10-19/h3-15H,1-2H3,(H,26,28)/b14-4+. The number of hydrogen-bond acceptors (Lipinski definition) is 5. The molecule has 0 atom stereocenters. The monoisotopic (exact) mass is 437 g/mol. The second-order valence-electron chi connectivity index (χ2n) is 6.35. The fourth-order valence-corrected chi connectivity index (χ4v) is 2.81.